The van der Waals surface area contributed by atoms with Crippen molar-refractivity contribution in [2.45, 2.75) is 12.8 Å². The molecule has 0 bridgehead atoms. The highest BCUT2D eigenvalue weighted by Crippen LogP contribution is 2.05. The number of rotatable bonds is 1. The Hall–Kier alpha value is -1.12. The van der Waals surface area contributed by atoms with Gasteiger partial charge in [0, 0.05) is 0 Å². The van der Waals surface area contributed by atoms with Crippen LogP contribution in [0.25, 0.3) is 0 Å². The van der Waals surface area contributed by atoms with Crippen molar-refractivity contribution < 1.29 is 9.90 Å². The molecule has 0 saturated carbocycles. The maximum atomic E-state index is 10.0. The van der Waals surface area contributed by atoms with E-state index < -0.39 is 0 Å². The van der Waals surface area contributed by atoms with E-state index in [-0.39, 0.29) is 5.88 Å². The monoisotopic (exact) mass is 125 g/mol. The van der Waals surface area contributed by atoms with E-state index in [0.29, 0.717) is 24.8 Å². The lowest BCUT2D eigenvalue weighted by molar-refractivity contribution is -0.102. The van der Waals surface area contributed by atoms with Crippen LogP contribution in [0, 0.1) is 0 Å². The Labute approximate surface area is 52.7 Å². The van der Waals surface area contributed by atoms with Crippen LogP contribution in [0.5, 0.6) is 0 Å². The molecule has 1 aliphatic rings. The molecule has 0 fully saturated rings. The van der Waals surface area contributed by atoms with Gasteiger partial charge in [-0.1, -0.05) is 0 Å². The fourth-order valence-corrected chi connectivity index (χ4v) is 0.683. The molecule has 1 N–H and O–H groups in total. The summed E-state index contributed by atoms with van der Waals surface area (Å²) < 4.78 is 0. The van der Waals surface area contributed by atoms with E-state index in [1.54, 1.807) is 6.08 Å². The highest BCUT2D eigenvalue weighted by molar-refractivity contribution is 6.28. The van der Waals surface area contributed by atoms with Crippen LogP contribution in [-0.2, 0) is 4.79 Å². The first-order chi connectivity index (χ1) is 4.33. The minimum Gasteiger partial charge on any atom is -0.493 e. The van der Waals surface area contributed by atoms with Crippen LogP contribution in [0.4, 0.5) is 0 Å². The Kier molecular flexibility index (Phi) is 1.63. The van der Waals surface area contributed by atoms with E-state index in [2.05, 4.69) is 4.99 Å². The van der Waals surface area contributed by atoms with E-state index in [9.17, 15) is 4.79 Å². The van der Waals surface area contributed by atoms with Crippen molar-refractivity contribution in [3.8, 4) is 0 Å². The third kappa shape index (κ3) is 1.38. The number of aliphatic hydroxyl groups is 1. The molecule has 3 nitrogen and oxygen atoms in total. The Morgan fingerprint density at radius 2 is 2.56 bits per heavy atom. The topological polar surface area (TPSA) is 49.7 Å². The third-order valence-corrected chi connectivity index (χ3v) is 1.12. The van der Waals surface area contributed by atoms with Crippen LogP contribution in [0.2, 0.25) is 0 Å². The van der Waals surface area contributed by atoms with Crippen molar-refractivity contribution in [2.24, 2.45) is 4.99 Å². The van der Waals surface area contributed by atoms with Crippen molar-refractivity contribution in [3.63, 3.8) is 0 Å². The molecule has 3 heteroatoms. The van der Waals surface area contributed by atoms with E-state index in [4.69, 9.17) is 5.11 Å². The van der Waals surface area contributed by atoms with Crippen LogP contribution in [0.3, 0.4) is 0 Å². The van der Waals surface area contributed by atoms with Gasteiger partial charge in [-0.3, -0.25) is 4.79 Å². The zero-order valence-corrected chi connectivity index (χ0v) is 4.87. The Balaban J connectivity index is 2.74. The number of nitrogens with zero attached hydrogens (tertiary/aromatic N) is 1. The third-order valence-electron chi connectivity index (χ3n) is 1.12. The molecule has 0 aliphatic carbocycles. The first kappa shape index (κ1) is 6.01. The maximum absolute atomic E-state index is 10.0. The summed E-state index contributed by atoms with van der Waals surface area (Å²) in [7, 11) is 0. The maximum Gasteiger partial charge on any atom is 0.206 e. The molecule has 0 aromatic heterocycles. The largest absolute Gasteiger partial charge is 0.493 e. The number of hydrogen-bond acceptors (Lipinski definition) is 3. The van der Waals surface area contributed by atoms with Gasteiger partial charge in [0.15, 0.2) is 6.29 Å². The fourth-order valence-electron chi connectivity index (χ4n) is 0.683. The van der Waals surface area contributed by atoms with E-state index >= 15 is 0 Å². The number of allylic oxidation sites excluding steroid dienone is 1. The van der Waals surface area contributed by atoms with Crippen molar-refractivity contribution in [2.75, 3.05) is 0 Å². The van der Waals surface area contributed by atoms with Crippen LogP contribution >= 0.6 is 0 Å². The Bertz CT molecular complexity index is 181. The van der Waals surface area contributed by atoms with E-state index in [0.717, 1.165) is 0 Å². The molecule has 0 radical (unpaired) electrons. The normalized spacial score (nSPS) is 18.2. The Morgan fingerprint density at radius 3 is 3.00 bits per heavy atom. The molecule has 0 aromatic carbocycles. The summed E-state index contributed by atoms with van der Waals surface area (Å²) in [5, 5.41) is 8.73. The van der Waals surface area contributed by atoms with E-state index in [1.165, 1.54) is 0 Å². The zero-order chi connectivity index (χ0) is 6.69. The molecule has 0 saturated heterocycles. The lowest BCUT2D eigenvalue weighted by Crippen LogP contribution is -2.03. The van der Waals surface area contributed by atoms with Gasteiger partial charge >= 0.3 is 0 Å². The lowest BCUT2D eigenvalue weighted by Gasteiger charge is -2.01. The van der Waals surface area contributed by atoms with Crippen LogP contribution in [0.15, 0.2) is 17.0 Å². The van der Waals surface area contributed by atoms with Crippen molar-refractivity contribution >= 4 is 12.0 Å². The van der Waals surface area contributed by atoms with Crippen molar-refractivity contribution in [1.29, 1.82) is 0 Å². The minimum atomic E-state index is -0.0386. The molecule has 0 atom stereocenters. The van der Waals surface area contributed by atoms with Crippen LogP contribution < -0.4 is 0 Å². The van der Waals surface area contributed by atoms with Crippen molar-refractivity contribution in [1.82, 2.24) is 0 Å². The van der Waals surface area contributed by atoms with Crippen LogP contribution in [-0.4, -0.2) is 17.1 Å². The van der Waals surface area contributed by atoms with Gasteiger partial charge in [0.25, 0.3) is 0 Å². The summed E-state index contributed by atoms with van der Waals surface area (Å²) in [6.07, 6.45) is 3.62. The molecule has 0 spiro atoms. The molecule has 9 heavy (non-hydrogen) atoms. The number of aliphatic hydroxyl groups excluding tert-OH is 1. The molecular weight excluding hydrogens is 118 g/mol. The molecule has 0 unspecified atom stereocenters. The van der Waals surface area contributed by atoms with Gasteiger partial charge < -0.3 is 5.11 Å². The summed E-state index contributed by atoms with van der Waals surface area (Å²) in [6, 6.07) is 0. The van der Waals surface area contributed by atoms with Gasteiger partial charge in [0.2, 0.25) is 5.88 Å². The molecule has 48 valence electrons. The van der Waals surface area contributed by atoms with Gasteiger partial charge in [-0.05, 0) is 18.9 Å². The second kappa shape index (κ2) is 2.44. The van der Waals surface area contributed by atoms with Gasteiger partial charge in [-0.2, -0.15) is 0 Å². The van der Waals surface area contributed by atoms with Gasteiger partial charge in [-0.15, -0.1) is 0 Å². The molecular formula is C6H7NO2. The van der Waals surface area contributed by atoms with Gasteiger partial charge in [0.05, 0.1) is 5.71 Å². The minimum absolute atomic E-state index is 0.0386. The Morgan fingerprint density at radius 1 is 1.78 bits per heavy atom. The number of carbonyl (C=O) groups excluding carboxylic acids is 1. The highest BCUT2D eigenvalue weighted by Gasteiger charge is 2.02. The number of carbonyl (C=O) groups is 1. The summed E-state index contributed by atoms with van der Waals surface area (Å²) in [5.41, 5.74) is 0.426. The predicted molar refractivity (Wildman–Crippen MR) is 33.4 cm³/mol. The highest BCUT2D eigenvalue weighted by atomic mass is 16.3. The number of aliphatic imine (C=N–C) groups is 1. The molecule has 0 amide bonds. The fraction of sp³-hybridized carbons (Fsp3) is 0.333. The zero-order valence-electron chi connectivity index (χ0n) is 4.87. The average molecular weight is 125 g/mol. The first-order valence-electron chi connectivity index (χ1n) is 2.75. The first-order valence-corrected chi connectivity index (χ1v) is 2.75. The van der Waals surface area contributed by atoms with E-state index in [1.807, 2.05) is 0 Å². The molecule has 1 aliphatic heterocycles. The molecule has 1 heterocycles. The second-order valence-corrected chi connectivity index (χ2v) is 1.82. The second-order valence-electron chi connectivity index (χ2n) is 1.82. The SMILES string of the molecule is O=CC1=NC(O)=CCC1. The lowest BCUT2D eigenvalue weighted by atomic mass is 10.2. The quantitative estimate of drug-likeness (QED) is 0.527. The van der Waals surface area contributed by atoms with Gasteiger partial charge in [0.1, 0.15) is 0 Å². The summed E-state index contributed by atoms with van der Waals surface area (Å²) in [4.78, 5) is 13.6. The van der Waals surface area contributed by atoms with Crippen LogP contribution in [0.1, 0.15) is 12.8 Å². The van der Waals surface area contributed by atoms with Crippen molar-refractivity contribution in [3.05, 3.63) is 12.0 Å². The average Bonchev–Trinajstić information content (AvgIpc) is 1.88. The number of hydrogen-bond donors (Lipinski definition) is 1. The summed E-state index contributed by atoms with van der Waals surface area (Å²) in [5.74, 6) is -0.0386. The molecule has 0 aromatic rings. The molecule has 1 rings (SSSR count). The summed E-state index contributed by atoms with van der Waals surface area (Å²) >= 11 is 0. The summed E-state index contributed by atoms with van der Waals surface area (Å²) in [6.45, 7) is 0. The smallest absolute Gasteiger partial charge is 0.206 e. The number of aldehydes is 1. The van der Waals surface area contributed by atoms with Gasteiger partial charge in [-0.25, -0.2) is 4.99 Å². The standard InChI is InChI=1S/C6H7NO2/c8-4-5-2-1-3-6(9)7-5/h3-4,9H,1-2H2. The predicted octanol–water partition coefficient (Wildman–Crippen LogP) is 0.819.